The number of nitrogen functional groups attached to an aromatic ring is 1. The average molecular weight is 221 g/mol. The van der Waals surface area contributed by atoms with Crippen molar-refractivity contribution in [2.45, 2.75) is 6.54 Å². The minimum atomic E-state index is -0.308. The number of hydrogen-bond acceptors (Lipinski definition) is 5. The van der Waals surface area contributed by atoms with Crippen molar-refractivity contribution in [2.75, 3.05) is 5.73 Å². The van der Waals surface area contributed by atoms with Crippen LogP contribution in [0.1, 0.15) is 16.1 Å². The summed E-state index contributed by atoms with van der Waals surface area (Å²) in [6.45, 7) is 0.311. The van der Waals surface area contributed by atoms with E-state index in [0.29, 0.717) is 12.4 Å². The maximum Gasteiger partial charge on any atom is 0.273 e. The molecule has 16 heavy (non-hydrogen) atoms. The van der Waals surface area contributed by atoms with Crippen LogP contribution in [-0.2, 0) is 13.6 Å². The topological polar surface area (TPSA) is 99.0 Å². The van der Waals surface area contributed by atoms with Crippen molar-refractivity contribution >= 4 is 11.7 Å². The van der Waals surface area contributed by atoms with E-state index in [1.54, 1.807) is 13.2 Å². The van der Waals surface area contributed by atoms with Crippen LogP contribution in [0.3, 0.4) is 0 Å². The first-order valence-electron chi connectivity index (χ1n) is 4.63. The number of anilines is 1. The molecule has 7 nitrogen and oxygen atoms in total. The minimum absolute atomic E-state index is 0.238. The van der Waals surface area contributed by atoms with Crippen molar-refractivity contribution in [3.8, 4) is 0 Å². The maximum absolute atomic E-state index is 11.5. The van der Waals surface area contributed by atoms with Crippen molar-refractivity contribution in [1.82, 2.24) is 20.3 Å². The second-order valence-electron chi connectivity index (χ2n) is 3.25. The number of nitrogens with two attached hydrogens (primary N) is 1. The number of aryl methyl sites for hydroxylation is 1. The Hall–Kier alpha value is -2.31. The fourth-order valence-electron chi connectivity index (χ4n) is 1.22. The first kappa shape index (κ1) is 10.2. The predicted molar refractivity (Wildman–Crippen MR) is 55.3 cm³/mol. The van der Waals surface area contributed by atoms with Crippen LogP contribution < -0.4 is 11.1 Å². The first-order chi connectivity index (χ1) is 7.68. The molecule has 0 atom stereocenters. The summed E-state index contributed by atoms with van der Waals surface area (Å²) < 4.78 is 6.10. The zero-order valence-corrected chi connectivity index (χ0v) is 8.67. The van der Waals surface area contributed by atoms with Gasteiger partial charge in [-0.2, -0.15) is 5.10 Å². The number of nitrogens with one attached hydrogen (secondary N) is 1. The monoisotopic (exact) mass is 221 g/mol. The highest BCUT2D eigenvalue weighted by Crippen LogP contribution is 2.08. The molecule has 1 amide bonds. The van der Waals surface area contributed by atoms with E-state index >= 15 is 0 Å². The predicted octanol–water partition coefficient (Wildman–Crippen LogP) is -0.0797. The molecule has 0 bridgehead atoms. The Labute approximate surface area is 91.2 Å². The van der Waals surface area contributed by atoms with E-state index in [9.17, 15) is 4.79 Å². The summed E-state index contributed by atoms with van der Waals surface area (Å²) in [5.41, 5.74) is 6.72. The molecular weight excluding hydrogens is 210 g/mol. The highest BCUT2D eigenvalue weighted by molar-refractivity contribution is 5.91. The smallest absolute Gasteiger partial charge is 0.273 e. The number of aromatic nitrogens is 3. The summed E-state index contributed by atoms with van der Waals surface area (Å²) in [5.74, 6) is 0.220. The lowest BCUT2D eigenvalue weighted by Crippen LogP contribution is -2.23. The van der Waals surface area contributed by atoms with Gasteiger partial charge in [-0.1, -0.05) is 5.16 Å². The Morgan fingerprint density at radius 3 is 3.06 bits per heavy atom. The number of carbonyl (C=O) groups is 1. The lowest BCUT2D eigenvalue weighted by atomic mass is 10.3. The van der Waals surface area contributed by atoms with E-state index in [0.717, 1.165) is 5.56 Å². The minimum Gasteiger partial charge on any atom is -0.384 e. The fourth-order valence-corrected chi connectivity index (χ4v) is 1.22. The van der Waals surface area contributed by atoms with Gasteiger partial charge in [-0.25, -0.2) is 0 Å². The second-order valence-corrected chi connectivity index (χ2v) is 3.25. The van der Waals surface area contributed by atoms with Gasteiger partial charge in [-0.15, -0.1) is 0 Å². The quantitative estimate of drug-likeness (QED) is 0.755. The van der Waals surface area contributed by atoms with Gasteiger partial charge in [0, 0.05) is 25.2 Å². The molecular formula is C9H11N5O2. The molecule has 2 aromatic heterocycles. The van der Waals surface area contributed by atoms with Gasteiger partial charge >= 0.3 is 0 Å². The van der Waals surface area contributed by atoms with Gasteiger partial charge in [0.2, 0.25) is 0 Å². The third-order valence-electron chi connectivity index (χ3n) is 2.17. The molecule has 2 heterocycles. The van der Waals surface area contributed by atoms with Crippen LogP contribution in [0.5, 0.6) is 0 Å². The van der Waals surface area contributed by atoms with Crippen LogP contribution in [0.4, 0.5) is 5.82 Å². The number of carbonyl (C=O) groups excluding carboxylic acids is 1. The van der Waals surface area contributed by atoms with E-state index in [2.05, 4.69) is 20.1 Å². The first-order valence-corrected chi connectivity index (χ1v) is 4.63. The molecule has 0 aliphatic rings. The molecule has 3 N–H and O–H groups in total. The summed E-state index contributed by atoms with van der Waals surface area (Å²) in [4.78, 5) is 11.5. The summed E-state index contributed by atoms with van der Waals surface area (Å²) in [5, 5.41) is 10.1. The van der Waals surface area contributed by atoms with Gasteiger partial charge < -0.3 is 15.6 Å². The van der Waals surface area contributed by atoms with Crippen LogP contribution in [0.2, 0.25) is 0 Å². The molecule has 0 aromatic carbocycles. The summed E-state index contributed by atoms with van der Waals surface area (Å²) in [7, 11) is 1.73. The molecule has 2 rings (SSSR count). The van der Waals surface area contributed by atoms with Crippen molar-refractivity contribution in [2.24, 2.45) is 7.05 Å². The molecule has 0 fully saturated rings. The van der Waals surface area contributed by atoms with Gasteiger partial charge in [0.05, 0.1) is 6.20 Å². The van der Waals surface area contributed by atoms with Crippen molar-refractivity contribution in [3.63, 3.8) is 0 Å². The maximum atomic E-state index is 11.5. The van der Waals surface area contributed by atoms with Crippen LogP contribution in [0.15, 0.2) is 23.0 Å². The zero-order chi connectivity index (χ0) is 11.5. The van der Waals surface area contributed by atoms with Gasteiger partial charge in [0.1, 0.15) is 12.1 Å². The Morgan fingerprint density at radius 1 is 1.69 bits per heavy atom. The average Bonchev–Trinajstić information content (AvgIpc) is 2.89. The fraction of sp³-hybridized carbons (Fsp3) is 0.222. The van der Waals surface area contributed by atoms with Gasteiger partial charge in [-0.3, -0.25) is 9.48 Å². The Balaban J connectivity index is 1.98. The molecule has 84 valence electrons. The molecule has 0 saturated carbocycles. The summed E-state index contributed by atoms with van der Waals surface area (Å²) in [6.07, 6.45) is 2.95. The molecule has 0 saturated heterocycles. The normalized spacial score (nSPS) is 10.3. The van der Waals surface area contributed by atoms with E-state index in [-0.39, 0.29) is 11.6 Å². The van der Waals surface area contributed by atoms with Gasteiger partial charge in [-0.05, 0) is 0 Å². The van der Waals surface area contributed by atoms with E-state index < -0.39 is 0 Å². The standard InChI is InChI=1S/C9H11N5O2/c1-14-8(10)6(5-12-14)4-11-9(15)7-2-3-16-13-7/h2-3,5H,4,10H2,1H3,(H,11,15). The summed E-state index contributed by atoms with van der Waals surface area (Å²) in [6, 6.07) is 1.49. The van der Waals surface area contributed by atoms with Crippen molar-refractivity contribution < 1.29 is 9.32 Å². The van der Waals surface area contributed by atoms with Crippen molar-refractivity contribution in [3.05, 3.63) is 29.8 Å². The highest BCUT2D eigenvalue weighted by atomic mass is 16.5. The Kier molecular flexibility index (Phi) is 2.59. The number of amides is 1. The van der Waals surface area contributed by atoms with Crippen molar-refractivity contribution in [1.29, 1.82) is 0 Å². The number of hydrogen-bond donors (Lipinski definition) is 2. The zero-order valence-electron chi connectivity index (χ0n) is 8.67. The highest BCUT2D eigenvalue weighted by Gasteiger charge is 2.10. The SMILES string of the molecule is Cn1ncc(CNC(=O)c2ccon2)c1N. The van der Waals surface area contributed by atoms with E-state index in [1.165, 1.54) is 17.0 Å². The van der Waals surface area contributed by atoms with Crippen LogP contribution in [0.25, 0.3) is 0 Å². The van der Waals surface area contributed by atoms with E-state index in [4.69, 9.17) is 5.73 Å². The molecule has 7 heteroatoms. The lowest BCUT2D eigenvalue weighted by molar-refractivity contribution is 0.0942. The molecule has 0 unspecified atom stereocenters. The third-order valence-corrected chi connectivity index (χ3v) is 2.17. The van der Waals surface area contributed by atoms with Gasteiger partial charge in [0.15, 0.2) is 5.69 Å². The largest absolute Gasteiger partial charge is 0.384 e. The van der Waals surface area contributed by atoms with Crippen LogP contribution in [0, 0.1) is 0 Å². The second kappa shape index (κ2) is 4.05. The van der Waals surface area contributed by atoms with Crippen LogP contribution >= 0.6 is 0 Å². The Bertz CT molecular complexity index is 488. The Morgan fingerprint density at radius 2 is 2.50 bits per heavy atom. The van der Waals surface area contributed by atoms with Gasteiger partial charge in [0.25, 0.3) is 5.91 Å². The molecule has 0 aliphatic carbocycles. The summed E-state index contributed by atoms with van der Waals surface area (Å²) >= 11 is 0. The molecule has 2 aromatic rings. The number of nitrogens with zero attached hydrogens (tertiary/aromatic N) is 3. The molecule has 0 radical (unpaired) electrons. The third kappa shape index (κ3) is 1.88. The molecule has 0 aliphatic heterocycles. The van der Waals surface area contributed by atoms with E-state index in [1.807, 2.05) is 0 Å². The molecule has 0 spiro atoms. The number of rotatable bonds is 3. The lowest BCUT2D eigenvalue weighted by Gasteiger charge is -2.02. The van der Waals surface area contributed by atoms with Crippen LogP contribution in [-0.4, -0.2) is 20.8 Å².